The van der Waals surface area contributed by atoms with Crippen molar-refractivity contribution in [3.63, 3.8) is 0 Å². The molecule has 2 aromatic heterocycles. The minimum atomic E-state index is -0.00268. The largest absolute Gasteiger partial charge is 0.469 e. The van der Waals surface area contributed by atoms with Gasteiger partial charge in [-0.3, -0.25) is 9.78 Å². The number of rotatable bonds is 5. The van der Waals surface area contributed by atoms with Crippen molar-refractivity contribution in [2.24, 2.45) is 0 Å². The number of carbonyl (C=O) groups excluding carboxylic acids is 1. The van der Waals surface area contributed by atoms with Crippen LogP contribution < -0.4 is 5.32 Å². The van der Waals surface area contributed by atoms with Crippen molar-refractivity contribution in [3.05, 3.63) is 54.2 Å². The van der Waals surface area contributed by atoms with Crippen LogP contribution in [0.3, 0.4) is 0 Å². The van der Waals surface area contributed by atoms with Crippen LogP contribution in [-0.2, 0) is 11.2 Å². The van der Waals surface area contributed by atoms with Crippen LogP contribution in [0.25, 0.3) is 0 Å². The van der Waals surface area contributed by atoms with Gasteiger partial charge in [-0.2, -0.15) is 0 Å². The second-order valence-corrected chi connectivity index (χ2v) is 4.15. The number of hydrogen-bond acceptors (Lipinski definition) is 3. The molecule has 0 saturated heterocycles. The Hall–Kier alpha value is -2.10. The van der Waals surface area contributed by atoms with E-state index < -0.39 is 0 Å². The molecular formula is C14H16N2O2. The Labute approximate surface area is 106 Å². The topological polar surface area (TPSA) is 55.1 Å². The molecule has 2 aromatic rings. The molecule has 0 bridgehead atoms. The van der Waals surface area contributed by atoms with Crippen LogP contribution in [0.5, 0.6) is 0 Å². The first-order valence-electron chi connectivity index (χ1n) is 5.97. The van der Waals surface area contributed by atoms with Gasteiger partial charge in [0.15, 0.2) is 0 Å². The zero-order valence-electron chi connectivity index (χ0n) is 10.3. The summed E-state index contributed by atoms with van der Waals surface area (Å²) in [4.78, 5) is 15.7. The van der Waals surface area contributed by atoms with Gasteiger partial charge in [0.2, 0.25) is 5.91 Å². The van der Waals surface area contributed by atoms with Crippen molar-refractivity contribution < 1.29 is 9.21 Å². The van der Waals surface area contributed by atoms with Crippen LogP contribution in [0.1, 0.15) is 30.7 Å². The van der Waals surface area contributed by atoms with Gasteiger partial charge in [0.05, 0.1) is 12.3 Å². The average Bonchev–Trinajstić information content (AvgIpc) is 2.90. The van der Waals surface area contributed by atoms with E-state index in [4.69, 9.17) is 4.42 Å². The maximum atomic E-state index is 11.8. The van der Waals surface area contributed by atoms with E-state index in [1.807, 2.05) is 31.2 Å². The smallest absolute Gasteiger partial charge is 0.220 e. The van der Waals surface area contributed by atoms with Gasteiger partial charge in [-0.25, -0.2) is 0 Å². The third-order valence-corrected chi connectivity index (χ3v) is 2.76. The zero-order valence-corrected chi connectivity index (χ0v) is 10.3. The number of aryl methyl sites for hydroxylation is 1. The quantitative estimate of drug-likeness (QED) is 0.879. The first-order valence-corrected chi connectivity index (χ1v) is 5.97. The van der Waals surface area contributed by atoms with E-state index in [9.17, 15) is 4.79 Å². The molecule has 2 rings (SSSR count). The standard InChI is InChI=1S/C14H16N2O2/c1-11(12-6-8-15-9-7-12)16-14(17)5-4-13-3-2-10-18-13/h2-3,6-11H,4-5H2,1H3,(H,16,17)/t11-/m1/s1. The SMILES string of the molecule is C[C@@H](NC(=O)CCc1ccco1)c1ccncc1. The fraction of sp³-hybridized carbons (Fsp3) is 0.286. The molecule has 0 spiro atoms. The predicted molar refractivity (Wildman–Crippen MR) is 67.8 cm³/mol. The van der Waals surface area contributed by atoms with Gasteiger partial charge < -0.3 is 9.73 Å². The third kappa shape index (κ3) is 3.45. The normalized spacial score (nSPS) is 12.1. The van der Waals surface area contributed by atoms with Crippen LogP contribution >= 0.6 is 0 Å². The highest BCUT2D eigenvalue weighted by molar-refractivity contribution is 5.76. The average molecular weight is 244 g/mol. The Bertz CT molecular complexity index is 480. The van der Waals surface area contributed by atoms with E-state index >= 15 is 0 Å². The zero-order chi connectivity index (χ0) is 12.8. The summed E-state index contributed by atoms with van der Waals surface area (Å²) in [6, 6.07) is 7.50. The summed E-state index contributed by atoms with van der Waals surface area (Å²) in [7, 11) is 0. The van der Waals surface area contributed by atoms with Crippen molar-refractivity contribution in [1.82, 2.24) is 10.3 Å². The molecule has 4 heteroatoms. The second-order valence-electron chi connectivity index (χ2n) is 4.15. The number of aromatic nitrogens is 1. The number of furan rings is 1. The van der Waals surface area contributed by atoms with Gasteiger partial charge >= 0.3 is 0 Å². The fourth-order valence-electron chi connectivity index (χ4n) is 1.74. The number of nitrogens with one attached hydrogen (secondary N) is 1. The van der Waals surface area contributed by atoms with Crippen molar-refractivity contribution in [2.45, 2.75) is 25.8 Å². The molecule has 0 aliphatic heterocycles. The van der Waals surface area contributed by atoms with Gasteiger partial charge in [0, 0.05) is 25.2 Å². The molecule has 4 nitrogen and oxygen atoms in total. The van der Waals surface area contributed by atoms with Crippen LogP contribution in [0.2, 0.25) is 0 Å². The van der Waals surface area contributed by atoms with Crippen molar-refractivity contribution in [3.8, 4) is 0 Å². The highest BCUT2D eigenvalue weighted by Crippen LogP contribution is 2.11. The number of carbonyl (C=O) groups is 1. The lowest BCUT2D eigenvalue weighted by Crippen LogP contribution is -2.26. The summed E-state index contributed by atoms with van der Waals surface area (Å²) in [5.74, 6) is 0.859. The van der Waals surface area contributed by atoms with E-state index in [1.165, 1.54) is 0 Å². The number of nitrogens with zero attached hydrogens (tertiary/aromatic N) is 1. The molecule has 1 N–H and O–H groups in total. The Balaban J connectivity index is 1.80. The molecule has 94 valence electrons. The lowest BCUT2D eigenvalue weighted by Gasteiger charge is -2.13. The third-order valence-electron chi connectivity index (χ3n) is 2.76. The van der Waals surface area contributed by atoms with E-state index in [0.717, 1.165) is 11.3 Å². The van der Waals surface area contributed by atoms with E-state index in [0.29, 0.717) is 12.8 Å². The minimum Gasteiger partial charge on any atom is -0.469 e. The van der Waals surface area contributed by atoms with Crippen molar-refractivity contribution in [2.75, 3.05) is 0 Å². The fourth-order valence-corrected chi connectivity index (χ4v) is 1.74. The molecule has 0 radical (unpaired) electrons. The summed E-state index contributed by atoms with van der Waals surface area (Å²) in [6.45, 7) is 1.96. The van der Waals surface area contributed by atoms with Crippen molar-refractivity contribution in [1.29, 1.82) is 0 Å². The Morgan fingerprint density at radius 2 is 2.17 bits per heavy atom. The summed E-state index contributed by atoms with van der Waals surface area (Å²) in [6.07, 6.45) is 6.12. The lowest BCUT2D eigenvalue weighted by atomic mass is 10.1. The van der Waals surface area contributed by atoms with E-state index in [2.05, 4.69) is 10.3 Å². The lowest BCUT2D eigenvalue weighted by molar-refractivity contribution is -0.121. The van der Waals surface area contributed by atoms with Gasteiger partial charge in [0.25, 0.3) is 0 Å². The maximum Gasteiger partial charge on any atom is 0.220 e. The molecule has 2 heterocycles. The Morgan fingerprint density at radius 1 is 1.39 bits per heavy atom. The highest BCUT2D eigenvalue weighted by atomic mass is 16.3. The molecule has 0 unspecified atom stereocenters. The first-order chi connectivity index (χ1) is 8.75. The van der Waals surface area contributed by atoms with Gasteiger partial charge in [-0.1, -0.05) is 0 Å². The monoisotopic (exact) mass is 244 g/mol. The summed E-state index contributed by atoms with van der Waals surface area (Å²) >= 11 is 0. The van der Waals surface area contributed by atoms with Crippen LogP contribution in [0, 0.1) is 0 Å². The summed E-state index contributed by atoms with van der Waals surface area (Å²) in [5, 5.41) is 2.95. The first kappa shape index (κ1) is 12.4. The molecule has 1 amide bonds. The molecule has 0 aromatic carbocycles. The highest BCUT2D eigenvalue weighted by Gasteiger charge is 2.09. The van der Waals surface area contributed by atoms with Crippen molar-refractivity contribution >= 4 is 5.91 Å². The van der Waals surface area contributed by atoms with Crippen LogP contribution in [-0.4, -0.2) is 10.9 Å². The van der Waals surface area contributed by atoms with Gasteiger partial charge in [-0.05, 0) is 36.8 Å². The second kappa shape index (κ2) is 6.00. The molecule has 0 aliphatic rings. The Morgan fingerprint density at radius 3 is 2.83 bits per heavy atom. The molecule has 0 fully saturated rings. The minimum absolute atomic E-state index is 0.00268. The van der Waals surface area contributed by atoms with Crippen LogP contribution in [0.4, 0.5) is 0 Å². The molecule has 18 heavy (non-hydrogen) atoms. The Kier molecular flexibility index (Phi) is 4.12. The molecule has 1 atom stereocenters. The molecule has 0 aliphatic carbocycles. The molecular weight excluding hydrogens is 228 g/mol. The maximum absolute atomic E-state index is 11.8. The number of amides is 1. The number of hydrogen-bond donors (Lipinski definition) is 1. The van der Waals surface area contributed by atoms with E-state index in [1.54, 1.807) is 18.7 Å². The summed E-state index contributed by atoms with van der Waals surface area (Å²) < 4.78 is 5.19. The van der Waals surface area contributed by atoms with E-state index in [-0.39, 0.29) is 11.9 Å². The predicted octanol–water partition coefficient (Wildman–Crippen LogP) is 2.48. The summed E-state index contributed by atoms with van der Waals surface area (Å²) in [5.41, 5.74) is 1.05. The van der Waals surface area contributed by atoms with Gasteiger partial charge in [-0.15, -0.1) is 0 Å². The molecule has 0 saturated carbocycles. The van der Waals surface area contributed by atoms with Gasteiger partial charge in [0.1, 0.15) is 5.76 Å². The van der Waals surface area contributed by atoms with Crippen LogP contribution in [0.15, 0.2) is 47.3 Å². The number of pyridine rings is 1.